The maximum Gasteiger partial charge on any atom is 0.328 e. The first-order chi connectivity index (χ1) is 12.1. The number of carboxylic acids is 2. The summed E-state index contributed by atoms with van der Waals surface area (Å²) < 4.78 is 0. The third kappa shape index (κ3) is 3.52. The minimum absolute atomic E-state index is 0.469. The van der Waals surface area contributed by atoms with Crippen LogP contribution in [0.2, 0.25) is 0 Å². The molecule has 3 N–H and O–H groups in total. The quantitative estimate of drug-likeness (QED) is 0.402. The van der Waals surface area contributed by atoms with Gasteiger partial charge in [0.2, 0.25) is 0 Å². The first kappa shape index (κ1) is 19.0. The van der Waals surface area contributed by atoms with Crippen molar-refractivity contribution >= 4 is 35.6 Å². The zero-order valence-electron chi connectivity index (χ0n) is 13.5. The van der Waals surface area contributed by atoms with E-state index in [9.17, 15) is 39.0 Å². The standard InChI is InChI=1S/C15H15N3O8/c1-7(13(15(25)26)18-11(21)4-5-12(18)22)16-6-8(14(23)24)17-9(19)2-3-10(17)20/h2-5,7-8,13,16H,6H2,1H3,(H,23,24)(H,25,26). The molecule has 11 heteroatoms. The minimum atomic E-state index is -1.59. The van der Waals surface area contributed by atoms with Gasteiger partial charge in [-0.05, 0) is 6.92 Å². The Bertz CT molecular complexity index is 720. The van der Waals surface area contributed by atoms with Crippen LogP contribution in [0.3, 0.4) is 0 Å². The van der Waals surface area contributed by atoms with Gasteiger partial charge in [-0.3, -0.25) is 29.0 Å². The van der Waals surface area contributed by atoms with Gasteiger partial charge in [-0.2, -0.15) is 0 Å². The molecule has 138 valence electrons. The molecule has 2 heterocycles. The highest BCUT2D eigenvalue weighted by Crippen LogP contribution is 2.14. The number of nitrogens with one attached hydrogen (secondary N) is 1. The van der Waals surface area contributed by atoms with Gasteiger partial charge in [0.05, 0.1) is 0 Å². The van der Waals surface area contributed by atoms with Gasteiger partial charge >= 0.3 is 11.9 Å². The number of carbonyl (C=O) groups is 6. The Hall–Kier alpha value is -3.34. The molecular formula is C15H15N3O8. The topological polar surface area (TPSA) is 161 Å². The summed E-state index contributed by atoms with van der Waals surface area (Å²) in [7, 11) is 0. The van der Waals surface area contributed by atoms with Crippen LogP contribution >= 0.6 is 0 Å². The monoisotopic (exact) mass is 365 g/mol. The molecule has 2 aliphatic heterocycles. The van der Waals surface area contributed by atoms with E-state index in [1.165, 1.54) is 6.92 Å². The number of hydrogen-bond donors (Lipinski definition) is 3. The number of hydrogen-bond acceptors (Lipinski definition) is 7. The maximum atomic E-state index is 11.7. The summed E-state index contributed by atoms with van der Waals surface area (Å²) in [4.78, 5) is 70.6. The smallest absolute Gasteiger partial charge is 0.328 e. The van der Waals surface area contributed by atoms with Crippen LogP contribution in [0, 0.1) is 0 Å². The van der Waals surface area contributed by atoms with Gasteiger partial charge in [0.15, 0.2) is 6.04 Å². The van der Waals surface area contributed by atoms with Crippen molar-refractivity contribution in [2.75, 3.05) is 6.54 Å². The Morgan fingerprint density at radius 3 is 1.69 bits per heavy atom. The van der Waals surface area contributed by atoms with Crippen molar-refractivity contribution in [3.05, 3.63) is 24.3 Å². The Balaban J connectivity index is 2.12. The second kappa shape index (κ2) is 7.27. The van der Waals surface area contributed by atoms with Crippen molar-refractivity contribution in [2.45, 2.75) is 25.0 Å². The van der Waals surface area contributed by atoms with Crippen LogP contribution < -0.4 is 5.32 Å². The highest BCUT2D eigenvalue weighted by molar-refractivity contribution is 6.15. The molecule has 0 aromatic rings. The molecule has 4 amide bonds. The predicted molar refractivity (Wildman–Crippen MR) is 82.3 cm³/mol. The summed E-state index contributed by atoms with van der Waals surface area (Å²) in [6.45, 7) is 0.867. The minimum Gasteiger partial charge on any atom is -0.480 e. The predicted octanol–water partition coefficient (Wildman–Crippen LogP) is -2.28. The largest absolute Gasteiger partial charge is 0.480 e. The molecule has 26 heavy (non-hydrogen) atoms. The van der Waals surface area contributed by atoms with Gasteiger partial charge < -0.3 is 15.5 Å². The summed E-state index contributed by atoms with van der Waals surface area (Å²) in [6.07, 6.45) is 3.71. The van der Waals surface area contributed by atoms with Crippen molar-refractivity contribution in [3.8, 4) is 0 Å². The van der Waals surface area contributed by atoms with Crippen molar-refractivity contribution in [2.24, 2.45) is 0 Å². The van der Waals surface area contributed by atoms with Gasteiger partial charge in [-0.15, -0.1) is 0 Å². The molecule has 0 bridgehead atoms. The van der Waals surface area contributed by atoms with Gasteiger partial charge in [0.1, 0.15) is 6.04 Å². The fraction of sp³-hybridized carbons (Fsp3) is 0.333. The van der Waals surface area contributed by atoms with Crippen molar-refractivity contribution < 1.29 is 39.0 Å². The van der Waals surface area contributed by atoms with Crippen LogP contribution in [0.15, 0.2) is 24.3 Å². The molecule has 3 unspecified atom stereocenters. The molecule has 2 rings (SSSR count). The maximum absolute atomic E-state index is 11.7. The molecule has 0 spiro atoms. The van der Waals surface area contributed by atoms with E-state index in [1.54, 1.807) is 0 Å². The molecule has 0 radical (unpaired) electrons. The van der Waals surface area contributed by atoms with E-state index in [0.717, 1.165) is 24.3 Å². The number of carboxylic acid groups (broad SMARTS) is 2. The molecule has 0 fully saturated rings. The summed E-state index contributed by atoms with van der Waals surface area (Å²) in [6, 6.07) is -4.23. The Morgan fingerprint density at radius 2 is 1.31 bits per heavy atom. The van der Waals surface area contributed by atoms with Gasteiger partial charge in [0.25, 0.3) is 23.6 Å². The number of amides is 4. The van der Waals surface area contributed by atoms with Crippen molar-refractivity contribution in [1.29, 1.82) is 0 Å². The molecule has 0 aliphatic carbocycles. The molecule has 2 aliphatic rings. The highest BCUT2D eigenvalue weighted by atomic mass is 16.4. The fourth-order valence-electron chi connectivity index (χ4n) is 2.65. The third-order valence-electron chi connectivity index (χ3n) is 3.92. The van der Waals surface area contributed by atoms with E-state index in [2.05, 4.69) is 5.32 Å². The van der Waals surface area contributed by atoms with Gasteiger partial charge in [-0.25, -0.2) is 9.59 Å². The summed E-state index contributed by atoms with van der Waals surface area (Å²) >= 11 is 0. The van der Waals surface area contributed by atoms with E-state index in [0.29, 0.717) is 9.80 Å². The average Bonchev–Trinajstić information content (AvgIpc) is 3.04. The van der Waals surface area contributed by atoms with Crippen LogP contribution in [0.5, 0.6) is 0 Å². The Labute approximate surface area is 146 Å². The number of carbonyl (C=O) groups excluding carboxylic acids is 4. The van der Waals surface area contributed by atoms with Crippen LogP contribution in [0.4, 0.5) is 0 Å². The second-order valence-electron chi connectivity index (χ2n) is 5.59. The van der Waals surface area contributed by atoms with Crippen LogP contribution in [0.1, 0.15) is 6.92 Å². The molecular weight excluding hydrogens is 350 g/mol. The zero-order valence-corrected chi connectivity index (χ0v) is 13.5. The Morgan fingerprint density at radius 1 is 0.885 bits per heavy atom. The highest BCUT2D eigenvalue weighted by Gasteiger charge is 2.41. The van der Waals surface area contributed by atoms with E-state index >= 15 is 0 Å². The lowest BCUT2D eigenvalue weighted by atomic mass is 10.1. The lowest BCUT2D eigenvalue weighted by Crippen LogP contribution is -2.58. The van der Waals surface area contributed by atoms with E-state index < -0.39 is 60.2 Å². The van der Waals surface area contributed by atoms with Crippen molar-refractivity contribution in [1.82, 2.24) is 15.1 Å². The average molecular weight is 365 g/mol. The molecule has 0 saturated carbocycles. The first-order valence-electron chi connectivity index (χ1n) is 7.44. The van der Waals surface area contributed by atoms with Gasteiger partial charge in [-0.1, -0.05) is 0 Å². The first-order valence-corrected chi connectivity index (χ1v) is 7.44. The fourth-order valence-corrected chi connectivity index (χ4v) is 2.65. The molecule has 0 aromatic heterocycles. The lowest BCUT2D eigenvalue weighted by molar-refractivity contribution is -0.155. The lowest BCUT2D eigenvalue weighted by Gasteiger charge is -2.30. The SMILES string of the molecule is CC(NCC(C(=O)O)N1C(=O)C=CC1=O)C(C(=O)O)N1C(=O)C=CC1=O. The number of aliphatic carboxylic acids is 2. The number of nitrogens with zero attached hydrogens (tertiary/aromatic N) is 2. The number of imide groups is 2. The van der Waals surface area contributed by atoms with Crippen LogP contribution in [0.25, 0.3) is 0 Å². The van der Waals surface area contributed by atoms with Crippen molar-refractivity contribution in [3.63, 3.8) is 0 Å². The van der Waals surface area contributed by atoms with Crippen LogP contribution in [-0.4, -0.2) is 80.3 Å². The Kier molecular flexibility index (Phi) is 5.31. The second-order valence-corrected chi connectivity index (χ2v) is 5.59. The summed E-state index contributed by atoms with van der Waals surface area (Å²) in [5.74, 6) is -6.17. The number of rotatable bonds is 8. The van der Waals surface area contributed by atoms with E-state index in [4.69, 9.17) is 0 Å². The van der Waals surface area contributed by atoms with E-state index in [-0.39, 0.29) is 0 Å². The normalized spacial score (nSPS) is 20.0. The van der Waals surface area contributed by atoms with Crippen LogP contribution in [-0.2, 0) is 28.8 Å². The molecule has 11 nitrogen and oxygen atoms in total. The van der Waals surface area contributed by atoms with Gasteiger partial charge in [0, 0.05) is 36.9 Å². The third-order valence-corrected chi connectivity index (χ3v) is 3.92. The zero-order chi connectivity index (χ0) is 19.6. The molecule has 3 atom stereocenters. The molecule has 0 saturated heterocycles. The summed E-state index contributed by atoms with van der Waals surface area (Å²) in [5.41, 5.74) is 0. The van der Waals surface area contributed by atoms with E-state index in [1.807, 2.05) is 0 Å². The molecule has 0 aromatic carbocycles. The summed E-state index contributed by atoms with van der Waals surface area (Å²) in [5, 5.41) is 21.2.